The van der Waals surface area contributed by atoms with Gasteiger partial charge in [0.05, 0.1) is 15.4 Å². The first-order valence-corrected chi connectivity index (χ1v) is 6.61. The molecule has 1 aromatic heterocycles. The monoisotopic (exact) mass is 320 g/mol. The van der Waals surface area contributed by atoms with Crippen molar-refractivity contribution in [3.8, 4) is 0 Å². The van der Waals surface area contributed by atoms with Crippen molar-refractivity contribution in [1.82, 2.24) is 4.98 Å². The second-order valence-corrected chi connectivity index (χ2v) is 4.91. The highest BCUT2D eigenvalue weighted by Gasteiger charge is 2.13. The molecule has 9 nitrogen and oxygen atoms in total. The van der Waals surface area contributed by atoms with Gasteiger partial charge in [-0.2, -0.15) is 0 Å². The number of anilines is 1. The largest absolute Gasteiger partial charge is 0.345 e. The molecular weight excluding hydrogens is 312 g/mol. The molecule has 0 spiro atoms. The van der Waals surface area contributed by atoms with Gasteiger partial charge in [-0.05, 0) is 23.5 Å². The molecule has 0 fully saturated rings. The second-order valence-electron chi connectivity index (χ2n) is 3.90. The number of carbonyl (C=O) groups is 1. The van der Waals surface area contributed by atoms with Crippen LogP contribution in [0.25, 0.3) is 6.08 Å². The van der Waals surface area contributed by atoms with Gasteiger partial charge in [-0.15, -0.1) is 0 Å². The van der Waals surface area contributed by atoms with Crippen molar-refractivity contribution in [1.29, 1.82) is 0 Å². The lowest BCUT2D eigenvalue weighted by Gasteiger charge is -1.97. The molecule has 1 N–H and O–H groups in total. The van der Waals surface area contributed by atoms with Crippen molar-refractivity contribution in [2.45, 2.75) is 0 Å². The van der Waals surface area contributed by atoms with E-state index in [1.54, 1.807) is 6.07 Å². The maximum Gasteiger partial charge on any atom is 0.345 e. The number of para-hydroxylation sites is 1. The molecule has 0 unspecified atom stereocenters. The van der Waals surface area contributed by atoms with Crippen LogP contribution in [0.15, 0.2) is 36.5 Å². The minimum atomic E-state index is -0.615. The van der Waals surface area contributed by atoms with E-state index in [0.717, 1.165) is 12.3 Å². The minimum absolute atomic E-state index is 0.0731. The van der Waals surface area contributed by atoms with E-state index in [4.69, 9.17) is 0 Å². The number of hydrogen-bond donors (Lipinski definition) is 1. The predicted octanol–water partition coefficient (Wildman–Crippen LogP) is 2.61. The molecule has 1 heterocycles. The summed E-state index contributed by atoms with van der Waals surface area (Å²) in [5.41, 5.74) is 0.143. The number of nitro groups is 2. The number of thiazole rings is 1. The first-order chi connectivity index (χ1) is 10.5. The van der Waals surface area contributed by atoms with Crippen LogP contribution in [0, 0.1) is 20.2 Å². The first kappa shape index (κ1) is 15.3. The Morgan fingerprint density at radius 3 is 2.59 bits per heavy atom. The number of benzene rings is 1. The van der Waals surface area contributed by atoms with Gasteiger partial charge in [-0.25, -0.2) is 4.98 Å². The lowest BCUT2D eigenvalue weighted by Crippen LogP contribution is -2.07. The van der Waals surface area contributed by atoms with Crippen LogP contribution in [0.2, 0.25) is 0 Å². The van der Waals surface area contributed by atoms with Gasteiger partial charge in [0.2, 0.25) is 5.91 Å². The molecule has 112 valence electrons. The molecule has 0 aliphatic rings. The predicted molar refractivity (Wildman–Crippen MR) is 79.5 cm³/mol. The third-order valence-electron chi connectivity index (χ3n) is 2.45. The molecular formula is C12H8N4O5S. The van der Waals surface area contributed by atoms with Crippen LogP contribution in [0.4, 0.5) is 15.8 Å². The first-order valence-electron chi connectivity index (χ1n) is 5.80. The van der Waals surface area contributed by atoms with Crippen LogP contribution in [0.1, 0.15) is 5.56 Å². The van der Waals surface area contributed by atoms with Gasteiger partial charge in [0.25, 0.3) is 5.69 Å². The van der Waals surface area contributed by atoms with Crippen LogP contribution in [-0.2, 0) is 4.79 Å². The van der Waals surface area contributed by atoms with E-state index in [2.05, 4.69) is 10.3 Å². The zero-order valence-electron chi connectivity index (χ0n) is 10.8. The van der Waals surface area contributed by atoms with Crippen LogP contribution in [0.3, 0.4) is 0 Å². The molecule has 2 rings (SSSR count). The van der Waals surface area contributed by atoms with Crippen LogP contribution in [-0.4, -0.2) is 20.7 Å². The summed E-state index contributed by atoms with van der Waals surface area (Å²) in [6.07, 6.45) is 3.41. The fraction of sp³-hybridized carbons (Fsp3) is 0. The van der Waals surface area contributed by atoms with Crippen LogP contribution in [0.5, 0.6) is 0 Å². The van der Waals surface area contributed by atoms with Crippen molar-refractivity contribution >= 4 is 39.1 Å². The number of nitrogens with one attached hydrogen (secondary N) is 1. The second kappa shape index (κ2) is 6.54. The fourth-order valence-electron chi connectivity index (χ4n) is 1.52. The van der Waals surface area contributed by atoms with E-state index >= 15 is 0 Å². The molecule has 0 aliphatic heterocycles. The summed E-state index contributed by atoms with van der Waals surface area (Å²) in [6.45, 7) is 0. The van der Waals surface area contributed by atoms with E-state index in [-0.39, 0.29) is 21.4 Å². The Labute approximate surface area is 127 Å². The van der Waals surface area contributed by atoms with Crippen molar-refractivity contribution in [3.63, 3.8) is 0 Å². The SMILES string of the molecule is O=C(C=Cc1ccccc1[N+](=O)[O-])Nc1ncc([N+](=O)[O-])s1. The van der Waals surface area contributed by atoms with Gasteiger partial charge in [0.1, 0.15) is 6.20 Å². The van der Waals surface area contributed by atoms with E-state index in [1.165, 1.54) is 24.3 Å². The summed E-state index contributed by atoms with van der Waals surface area (Å²) in [6, 6.07) is 5.94. The Bertz CT molecular complexity index is 770. The van der Waals surface area contributed by atoms with E-state index < -0.39 is 15.8 Å². The topological polar surface area (TPSA) is 128 Å². The molecule has 0 aliphatic carbocycles. The van der Waals surface area contributed by atoms with Gasteiger partial charge in [-0.1, -0.05) is 12.1 Å². The number of rotatable bonds is 5. The fourth-order valence-corrected chi connectivity index (χ4v) is 2.15. The molecule has 2 aromatic rings. The summed E-state index contributed by atoms with van der Waals surface area (Å²) < 4.78 is 0. The number of aromatic nitrogens is 1. The summed E-state index contributed by atoms with van der Waals surface area (Å²) in [4.78, 5) is 35.5. The molecule has 0 saturated heterocycles. The summed E-state index contributed by atoms with van der Waals surface area (Å²) >= 11 is 0.715. The number of hydrogen-bond acceptors (Lipinski definition) is 7. The Morgan fingerprint density at radius 2 is 1.95 bits per heavy atom. The smallest absolute Gasteiger partial charge is 0.298 e. The summed E-state index contributed by atoms with van der Waals surface area (Å²) in [5, 5.41) is 23.5. The standard InChI is InChI=1S/C12H8N4O5S/c17-10(14-12-13-7-11(22-12)16(20)21)6-5-8-3-1-2-4-9(8)15(18)19/h1-7H,(H,13,14,17). The number of amides is 1. The van der Waals surface area contributed by atoms with Gasteiger partial charge < -0.3 is 0 Å². The van der Waals surface area contributed by atoms with Crippen molar-refractivity contribution < 1.29 is 14.6 Å². The third-order valence-corrected chi connectivity index (χ3v) is 3.32. The molecule has 0 bridgehead atoms. The van der Waals surface area contributed by atoms with Gasteiger partial charge in [-0.3, -0.25) is 30.3 Å². The number of nitrogens with zero attached hydrogens (tertiary/aromatic N) is 3. The molecule has 10 heteroatoms. The zero-order valence-corrected chi connectivity index (χ0v) is 11.6. The Morgan fingerprint density at radius 1 is 1.23 bits per heavy atom. The van der Waals surface area contributed by atoms with Crippen LogP contribution < -0.4 is 5.32 Å². The van der Waals surface area contributed by atoms with Crippen molar-refractivity contribution in [3.05, 3.63) is 62.3 Å². The molecule has 0 saturated carbocycles. The van der Waals surface area contributed by atoms with Gasteiger partial charge in [0, 0.05) is 12.1 Å². The molecule has 0 radical (unpaired) electrons. The normalized spacial score (nSPS) is 10.5. The molecule has 1 aromatic carbocycles. The van der Waals surface area contributed by atoms with Crippen molar-refractivity contribution in [2.24, 2.45) is 0 Å². The minimum Gasteiger partial charge on any atom is -0.298 e. The number of carbonyl (C=O) groups excluding carboxylic acids is 1. The average Bonchev–Trinajstić information content (AvgIpc) is 2.94. The Balaban J connectivity index is 2.08. The van der Waals surface area contributed by atoms with Gasteiger partial charge in [0.15, 0.2) is 5.13 Å². The zero-order chi connectivity index (χ0) is 16.1. The quantitative estimate of drug-likeness (QED) is 0.512. The summed E-state index contributed by atoms with van der Waals surface area (Å²) in [5.74, 6) is -0.595. The maximum atomic E-state index is 11.7. The highest BCUT2D eigenvalue weighted by atomic mass is 32.1. The molecule has 1 amide bonds. The van der Waals surface area contributed by atoms with Crippen molar-refractivity contribution in [2.75, 3.05) is 5.32 Å². The Hall–Kier alpha value is -3.14. The van der Waals surface area contributed by atoms with Crippen LogP contribution >= 0.6 is 11.3 Å². The maximum absolute atomic E-state index is 11.7. The van der Waals surface area contributed by atoms with E-state index in [0.29, 0.717) is 11.3 Å². The average molecular weight is 320 g/mol. The number of nitro benzene ring substituents is 1. The van der Waals surface area contributed by atoms with E-state index in [9.17, 15) is 25.0 Å². The van der Waals surface area contributed by atoms with Gasteiger partial charge >= 0.3 is 5.00 Å². The lowest BCUT2D eigenvalue weighted by atomic mass is 10.1. The summed E-state index contributed by atoms with van der Waals surface area (Å²) in [7, 11) is 0. The third kappa shape index (κ3) is 3.70. The highest BCUT2D eigenvalue weighted by Crippen LogP contribution is 2.25. The Kier molecular flexibility index (Phi) is 4.53. The highest BCUT2D eigenvalue weighted by molar-refractivity contribution is 7.18. The molecule has 22 heavy (non-hydrogen) atoms. The lowest BCUT2D eigenvalue weighted by molar-refractivity contribution is -0.385. The van der Waals surface area contributed by atoms with E-state index in [1.807, 2.05) is 0 Å². The molecule has 0 atom stereocenters.